The molecule has 0 unspecified atom stereocenters. The summed E-state index contributed by atoms with van der Waals surface area (Å²) in [6.45, 7) is 3.96. The number of hydrogen-bond acceptors (Lipinski definition) is 11. The second-order valence-corrected chi connectivity index (χ2v) is 8.63. The zero-order valence-corrected chi connectivity index (χ0v) is 19.6. The van der Waals surface area contributed by atoms with Gasteiger partial charge in [0.15, 0.2) is 17.2 Å². The van der Waals surface area contributed by atoms with Crippen molar-refractivity contribution in [1.29, 1.82) is 0 Å². The van der Waals surface area contributed by atoms with Crippen molar-refractivity contribution in [2.24, 2.45) is 5.10 Å². The second-order valence-electron chi connectivity index (χ2n) is 7.58. The van der Waals surface area contributed by atoms with Crippen LogP contribution in [-0.4, -0.2) is 43.7 Å². The molecule has 0 fully saturated rings. The molecule has 0 spiro atoms. The summed E-state index contributed by atoms with van der Waals surface area (Å²) in [6, 6.07) is 13.4. The molecule has 0 aliphatic carbocycles. The van der Waals surface area contributed by atoms with E-state index in [1.54, 1.807) is 19.1 Å². The summed E-state index contributed by atoms with van der Waals surface area (Å²) in [5.74, 6) is 1.29. The smallest absolute Gasteiger partial charge is 0.293 e. The van der Waals surface area contributed by atoms with Crippen molar-refractivity contribution in [2.75, 3.05) is 12.5 Å². The molecule has 0 saturated heterocycles. The van der Waals surface area contributed by atoms with E-state index >= 15 is 0 Å². The molecule has 0 saturated carbocycles. The number of rotatable bonds is 7. The molecule has 5 rings (SSSR count). The van der Waals surface area contributed by atoms with Crippen molar-refractivity contribution < 1.29 is 18.9 Å². The molecule has 3 N–H and O–H groups in total. The number of fused-ring (bicyclic) bond motifs is 1. The van der Waals surface area contributed by atoms with Crippen LogP contribution in [0.1, 0.15) is 34.2 Å². The van der Waals surface area contributed by atoms with Crippen LogP contribution in [0.25, 0.3) is 5.82 Å². The summed E-state index contributed by atoms with van der Waals surface area (Å²) in [4.78, 5) is 14.0. The van der Waals surface area contributed by atoms with Gasteiger partial charge in [0.05, 0.1) is 11.4 Å². The lowest BCUT2D eigenvalue weighted by Crippen LogP contribution is -2.21. The zero-order chi connectivity index (χ0) is 24.4. The third kappa shape index (κ3) is 4.66. The SMILES string of the molecule is C/C(=N/NC(=O)c1nnn(-c2nonc2N)c1CSc1ccc(C)cc1)c1ccc2c(c1)OCO2. The highest BCUT2D eigenvalue weighted by molar-refractivity contribution is 7.98. The molecule has 2 aromatic heterocycles. The summed E-state index contributed by atoms with van der Waals surface area (Å²) >= 11 is 1.51. The van der Waals surface area contributed by atoms with Crippen LogP contribution in [0.5, 0.6) is 11.5 Å². The van der Waals surface area contributed by atoms with Crippen LogP contribution < -0.4 is 20.6 Å². The van der Waals surface area contributed by atoms with E-state index in [4.69, 9.17) is 19.8 Å². The van der Waals surface area contributed by atoms with Gasteiger partial charge in [-0.2, -0.15) is 9.78 Å². The molecule has 2 aromatic carbocycles. The van der Waals surface area contributed by atoms with Gasteiger partial charge in [0, 0.05) is 16.2 Å². The number of anilines is 1. The van der Waals surface area contributed by atoms with Crippen LogP contribution in [-0.2, 0) is 5.75 Å². The van der Waals surface area contributed by atoms with Crippen LogP contribution in [0.4, 0.5) is 5.82 Å². The molecule has 4 aromatic rings. The Hall–Kier alpha value is -4.39. The average molecular weight is 493 g/mol. The van der Waals surface area contributed by atoms with Gasteiger partial charge >= 0.3 is 0 Å². The fourth-order valence-corrected chi connectivity index (χ4v) is 4.17. The van der Waals surface area contributed by atoms with E-state index in [0.29, 0.717) is 28.7 Å². The molecule has 13 heteroatoms. The number of nitrogens with zero attached hydrogens (tertiary/aromatic N) is 6. The first-order chi connectivity index (χ1) is 17.0. The van der Waals surface area contributed by atoms with E-state index in [9.17, 15) is 4.79 Å². The van der Waals surface area contributed by atoms with Crippen LogP contribution in [0.3, 0.4) is 0 Å². The minimum atomic E-state index is -0.536. The number of aryl methyl sites for hydroxylation is 1. The topological polar surface area (TPSA) is 156 Å². The minimum Gasteiger partial charge on any atom is -0.454 e. The van der Waals surface area contributed by atoms with Crippen molar-refractivity contribution in [3.63, 3.8) is 0 Å². The Bertz CT molecular complexity index is 1410. The molecule has 178 valence electrons. The molecule has 0 radical (unpaired) electrons. The molecular weight excluding hydrogens is 472 g/mol. The summed E-state index contributed by atoms with van der Waals surface area (Å²) in [5.41, 5.74) is 11.4. The number of hydrogen-bond donors (Lipinski definition) is 2. The summed E-state index contributed by atoms with van der Waals surface area (Å²) < 4.78 is 16.8. The number of carbonyl (C=O) groups is 1. The van der Waals surface area contributed by atoms with Crippen molar-refractivity contribution in [3.05, 3.63) is 65.0 Å². The number of benzene rings is 2. The van der Waals surface area contributed by atoms with Gasteiger partial charge in [-0.1, -0.05) is 22.9 Å². The number of ether oxygens (including phenoxy) is 2. The Balaban J connectivity index is 1.39. The monoisotopic (exact) mass is 492 g/mol. The summed E-state index contributed by atoms with van der Waals surface area (Å²) in [6.07, 6.45) is 0. The highest BCUT2D eigenvalue weighted by atomic mass is 32.2. The number of aromatic nitrogens is 5. The molecule has 1 aliphatic rings. The van der Waals surface area contributed by atoms with Gasteiger partial charge in [-0.05, 0) is 54.5 Å². The van der Waals surface area contributed by atoms with Crippen molar-refractivity contribution in [3.8, 4) is 17.3 Å². The molecule has 12 nitrogen and oxygen atoms in total. The largest absolute Gasteiger partial charge is 0.454 e. The standard InChI is InChI=1S/C22H20N8O4S/c1-12-3-6-15(7-4-12)35-10-16-19(25-29-30(16)21-20(23)27-34-28-21)22(31)26-24-13(2)14-5-8-17-18(9-14)33-11-32-17/h3-9H,10-11H2,1-2H3,(H2,23,27)(H,26,31)/b24-13-. The maximum absolute atomic E-state index is 13.0. The van der Waals surface area contributed by atoms with E-state index in [0.717, 1.165) is 16.0 Å². The number of nitrogens with one attached hydrogen (secondary N) is 1. The molecule has 35 heavy (non-hydrogen) atoms. The lowest BCUT2D eigenvalue weighted by molar-refractivity contribution is 0.0949. The van der Waals surface area contributed by atoms with E-state index in [-0.39, 0.29) is 24.1 Å². The Morgan fingerprint density at radius 2 is 1.97 bits per heavy atom. The highest BCUT2D eigenvalue weighted by Gasteiger charge is 2.24. The number of nitrogens with two attached hydrogens (primary N) is 1. The number of nitrogen functional groups attached to an aromatic ring is 1. The van der Waals surface area contributed by atoms with Gasteiger partial charge < -0.3 is 15.2 Å². The van der Waals surface area contributed by atoms with E-state index in [1.807, 2.05) is 37.3 Å². The molecule has 0 atom stereocenters. The molecule has 0 bridgehead atoms. The average Bonchev–Trinajstić information content (AvgIpc) is 3.60. The van der Waals surface area contributed by atoms with Gasteiger partial charge in [-0.3, -0.25) is 4.79 Å². The number of carbonyl (C=O) groups excluding carboxylic acids is 1. The Morgan fingerprint density at radius 1 is 1.17 bits per heavy atom. The third-order valence-corrected chi connectivity index (χ3v) is 6.21. The Morgan fingerprint density at radius 3 is 2.74 bits per heavy atom. The van der Waals surface area contributed by atoms with Crippen molar-refractivity contribution >= 4 is 29.2 Å². The first kappa shape index (κ1) is 22.4. The first-order valence-electron chi connectivity index (χ1n) is 10.5. The van der Waals surface area contributed by atoms with Gasteiger partial charge in [0.25, 0.3) is 5.91 Å². The Kier molecular flexibility index (Phi) is 6.06. The number of hydrazone groups is 1. The molecule has 3 heterocycles. The van der Waals surface area contributed by atoms with Crippen LogP contribution in [0, 0.1) is 6.92 Å². The summed E-state index contributed by atoms with van der Waals surface area (Å²) in [7, 11) is 0. The molecular formula is C22H20N8O4S. The maximum Gasteiger partial charge on any atom is 0.293 e. The van der Waals surface area contributed by atoms with E-state index in [1.165, 1.54) is 16.4 Å². The van der Waals surface area contributed by atoms with Crippen LogP contribution in [0.2, 0.25) is 0 Å². The van der Waals surface area contributed by atoms with Crippen molar-refractivity contribution in [1.82, 2.24) is 30.7 Å². The van der Waals surface area contributed by atoms with Gasteiger partial charge in [0.1, 0.15) is 0 Å². The number of thioether (sulfide) groups is 1. The highest BCUT2D eigenvalue weighted by Crippen LogP contribution is 2.32. The summed E-state index contributed by atoms with van der Waals surface area (Å²) in [5, 5.41) is 19.7. The van der Waals surface area contributed by atoms with Gasteiger partial charge in [-0.15, -0.1) is 16.9 Å². The first-order valence-corrected chi connectivity index (χ1v) is 11.5. The van der Waals surface area contributed by atoms with Crippen molar-refractivity contribution in [2.45, 2.75) is 24.5 Å². The predicted octanol–water partition coefficient (Wildman–Crippen LogP) is 2.72. The third-order valence-electron chi connectivity index (χ3n) is 5.19. The quantitative estimate of drug-likeness (QED) is 0.223. The second kappa shape index (κ2) is 9.46. The fraction of sp³-hybridized carbons (Fsp3) is 0.182. The van der Waals surface area contributed by atoms with Crippen LogP contribution in [0.15, 0.2) is 57.1 Å². The van der Waals surface area contributed by atoms with Crippen LogP contribution >= 0.6 is 11.8 Å². The normalized spacial score (nSPS) is 12.7. The fourth-order valence-electron chi connectivity index (χ4n) is 3.28. The minimum absolute atomic E-state index is 0.0279. The Labute approximate surface area is 203 Å². The van der Waals surface area contributed by atoms with E-state index < -0.39 is 5.91 Å². The number of amides is 1. The predicted molar refractivity (Wildman–Crippen MR) is 127 cm³/mol. The van der Waals surface area contributed by atoms with Gasteiger partial charge in [-0.25, -0.2) is 10.1 Å². The van der Waals surface area contributed by atoms with E-state index in [2.05, 4.69) is 31.2 Å². The van der Waals surface area contributed by atoms with Gasteiger partial charge in [0.2, 0.25) is 18.4 Å². The maximum atomic E-state index is 13.0. The lowest BCUT2D eigenvalue weighted by Gasteiger charge is -2.07. The molecule has 1 aliphatic heterocycles. The lowest BCUT2D eigenvalue weighted by atomic mass is 10.1. The molecule has 1 amide bonds. The zero-order valence-electron chi connectivity index (χ0n) is 18.8.